The maximum Gasteiger partial charge on any atom is 0.315 e. The normalized spacial score (nSPS) is 22.2. The van der Waals surface area contributed by atoms with Crippen LogP contribution >= 0.6 is 10.3 Å². The summed E-state index contributed by atoms with van der Waals surface area (Å²) in [5.74, 6) is -0.148. The molecule has 2 heterocycles. The van der Waals surface area contributed by atoms with Crippen LogP contribution in [0.2, 0.25) is 0 Å². The Balaban J connectivity index is 1.85. The fourth-order valence-corrected chi connectivity index (χ4v) is 4.20. The van der Waals surface area contributed by atoms with Gasteiger partial charge in [0.2, 0.25) is 0 Å². The Hall–Kier alpha value is -1.85. The van der Waals surface area contributed by atoms with Crippen molar-refractivity contribution in [3.63, 3.8) is 0 Å². The molecule has 1 unspecified atom stereocenters. The van der Waals surface area contributed by atoms with Crippen LogP contribution in [0, 0.1) is 5.41 Å². The number of hydrogen-bond donors (Lipinski definition) is 0. The lowest BCUT2D eigenvalue weighted by atomic mass is 9.88. The molecular formula is C24H33NO3S. The van der Waals surface area contributed by atoms with E-state index >= 15 is 0 Å². The summed E-state index contributed by atoms with van der Waals surface area (Å²) >= 11 is 0. The lowest BCUT2D eigenvalue weighted by molar-refractivity contribution is -0.143. The van der Waals surface area contributed by atoms with Crippen LogP contribution in [0.5, 0.6) is 0 Å². The molecule has 0 saturated carbocycles. The molecule has 0 amide bonds. The summed E-state index contributed by atoms with van der Waals surface area (Å²) in [6.45, 7) is 11.2. The third-order valence-electron chi connectivity index (χ3n) is 5.98. The summed E-state index contributed by atoms with van der Waals surface area (Å²) in [7, 11) is -1.23. The van der Waals surface area contributed by atoms with E-state index in [-0.39, 0.29) is 16.8 Å². The van der Waals surface area contributed by atoms with Crippen molar-refractivity contribution >= 4 is 33.3 Å². The molecule has 5 heteroatoms. The van der Waals surface area contributed by atoms with E-state index in [1.165, 1.54) is 0 Å². The minimum Gasteiger partial charge on any atom is -0.465 e. The number of rotatable bonds is 5. The zero-order valence-corrected chi connectivity index (χ0v) is 19.4. The van der Waals surface area contributed by atoms with Gasteiger partial charge in [0.05, 0.1) is 23.2 Å². The molecule has 29 heavy (non-hydrogen) atoms. The van der Waals surface area contributed by atoms with Crippen molar-refractivity contribution in [1.29, 1.82) is 0 Å². The number of aromatic nitrogens is 1. The van der Waals surface area contributed by atoms with Gasteiger partial charge in [0.25, 0.3) is 0 Å². The van der Waals surface area contributed by atoms with Gasteiger partial charge in [-0.2, -0.15) is 0 Å². The molecule has 0 radical (unpaired) electrons. The van der Waals surface area contributed by atoms with Gasteiger partial charge in [0.1, 0.15) is 6.10 Å². The van der Waals surface area contributed by atoms with E-state index < -0.39 is 15.7 Å². The number of pyridine rings is 1. The summed E-state index contributed by atoms with van der Waals surface area (Å²) in [5, 5.41) is 1.09. The Bertz CT molecular complexity index is 945. The Morgan fingerprint density at radius 2 is 1.93 bits per heavy atom. The maximum atomic E-state index is 11.9. The molecule has 158 valence electrons. The molecule has 1 aliphatic heterocycles. The number of hydrogen-bond acceptors (Lipinski definition) is 4. The van der Waals surface area contributed by atoms with E-state index in [0.717, 1.165) is 28.6 Å². The van der Waals surface area contributed by atoms with E-state index in [1.807, 2.05) is 19.1 Å². The van der Waals surface area contributed by atoms with Gasteiger partial charge in [-0.3, -0.25) is 9.78 Å². The highest BCUT2D eigenvalue weighted by atomic mass is 32.3. The zero-order chi connectivity index (χ0) is 21.4. The molecule has 0 aliphatic carbocycles. The van der Waals surface area contributed by atoms with E-state index in [4.69, 9.17) is 13.9 Å². The topological polar surface area (TPSA) is 48.4 Å². The highest BCUT2D eigenvalue weighted by Gasteiger charge is 2.37. The molecule has 2 aromatic rings. The van der Waals surface area contributed by atoms with Crippen molar-refractivity contribution in [3.8, 4) is 0 Å². The predicted molar refractivity (Wildman–Crippen MR) is 123 cm³/mol. The van der Waals surface area contributed by atoms with Crippen LogP contribution in [0.25, 0.3) is 17.0 Å². The average Bonchev–Trinajstić information content (AvgIpc) is 2.97. The van der Waals surface area contributed by atoms with Crippen LogP contribution in [0.1, 0.15) is 58.4 Å². The molecule has 0 N–H and O–H groups in total. The molecule has 3 rings (SSSR count). The van der Waals surface area contributed by atoms with Crippen molar-refractivity contribution < 1.29 is 13.7 Å². The number of cyclic esters (lactones) is 1. The number of nitrogens with zero attached hydrogens (tertiary/aromatic N) is 1. The van der Waals surface area contributed by atoms with E-state index in [2.05, 4.69) is 70.5 Å². The molecule has 2 atom stereocenters. The quantitative estimate of drug-likeness (QED) is 0.557. The van der Waals surface area contributed by atoms with Crippen molar-refractivity contribution in [2.75, 3.05) is 19.1 Å². The number of benzene rings is 1. The van der Waals surface area contributed by atoms with Crippen LogP contribution in [0.3, 0.4) is 0 Å². The molecule has 0 spiro atoms. The summed E-state index contributed by atoms with van der Waals surface area (Å²) < 4.78 is 11.7. The third-order valence-corrected chi connectivity index (χ3v) is 9.70. The minimum atomic E-state index is -1.23. The largest absolute Gasteiger partial charge is 0.465 e. The number of carbonyl (C=O) groups excluding carboxylic acids is 1. The minimum absolute atomic E-state index is 0.0741. The van der Waals surface area contributed by atoms with Gasteiger partial charge in [0.15, 0.2) is 0 Å². The van der Waals surface area contributed by atoms with Gasteiger partial charge < -0.3 is 8.92 Å². The number of fused-ring (bicyclic) bond motifs is 1. The second-order valence-electron chi connectivity index (χ2n) is 9.41. The van der Waals surface area contributed by atoms with Crippen LogP contribution < -0.4 is 0 Å². The van der Waals surface area contributed by atoms with Gasteiger partial charge in [-0.1, -0.05) is 51.1 Å². The van der Waals surface area contributed by atoms with Gasteiger partial charge in [0, 0.05) is 16.6 Å². The fourth-order valence-electron chi connectivity index (χ4n) is 3.09. The van der Waals surface area contributed by atoms with Crippen LogP contribution in [-0.4, -0.2) is 34.8 Å². The monoisotopic (exact) mass is 415 g/mol. The van der Waals surface area contributed by atoms with Crippen LogP contribution in [0.15, 0.2) is 36.4 Å². The van der Waals surface area contributed by atoms with Gasteiger partial charge >= 0.3 is 5.97 Å². The standard InChI is InChI=1S/C24H33NO3S/c1-17(28-29(6,7)23(2,3)4)20-11-10-19-9-8-18(16-21(19)25-20)12-13-24(5)14-15-27-22(24)26/h8-13,16-17H,14-15H2,1-7H3/b13-12+/t17-,24?/m1/s1. The predicted octanol–water partition coefficient (Wildman–Crippen LogP) is 6.06. The first-order chi connectivity index (χ1) is 13.4. The highest BCUT2D eigenvalue weighted by molar-refractivity contribution is 8.29. The SMILES string of the molecule is C[C@@H](OS(C)(C)C(C)(C)C)c1ccc2ccc(/C=C/C3(C)CCOC3=O)cc2n1. The van der Waals surface area contributed by atoms with Crippen molar-refractivity contribution in [1.82, 2.24) is 4.98 Å². The Kier molecular flexibility index (Phi) is 5.85. The molecule has 1 aromatic heterocycles. The molecular weight excluding hydrogens is 382 g/mol. The Morgan fingerprint density at radius 3 is 2.55 bits per heavy atom. The van der Waals surface area contributed by atoms with Crippen molar-refractivity contribution in [3.05, 3.63) is 47.7 Å². The summed E-state index contributed by atoms with van der Waals surface area (Å²) in [6.07, 6.45) is 9.01. The fraction of sp³-hybridized carbons (Fsp3) is 0.500. The molecule has 1 fully saturated rings. The number of esters is 1. The molecule has 1 saturated heterocycles. The first kappa shape index (κ1) is 21.8. The lowest BCUT2D eigenvalue weighted by Crippen LogP contribution is -2.26. The molecule has 4 nitrogen and oxygen atoms in total. The van der Waals surface area contributed by atoms with E-state index in [9.17, 15) is 4.79 Å². The second-order valence-corrected chi connectivity index (χ2v) is 13.3. The van der Waals surface area contributed by atoms with Crippen molar-refractivity contribution in [2.45, 2.75) is 51.9 Å². The van der Waals surface area contributed by atoms with Crippen LogP contribution in [-0.2, 0) is 13.7 Å². The number of ether oxygens (including phenoxy) is 1. The first-order valence-electron chi connectivity index (χ1n) is 10.1. The smallest absolute Gasteiger partial charge is 0.315 e. The Labute approximate surface area is 176 Å². The summed E-state index contributed by atoms with van der Waals surface area (Å²) in [4.78, 5) is 16.8. The van der Waals surface area contributed by atoms with Gasteiger partial charge in [-0.15, -0.1) is 10.3 Å². The van der Waals surface area contributed by atoms with E-state index in [1.54, 1.807) is 0 Å². The molecule has 1 aliphatic rings. The second kappa shape index (κ2) is 7.77. The van der Waals surface area contributed by atoms with Crippen LogP contribution in [0.4, 0.5) is 0 Å². The molecule has 0 bridgehead atoms. The average molecular weight is 416 g/mol. The number of carbonyl (C=O) groups is 1. The summed E-state index contributed by atoms with van der Waals surface area (Å²) in [6, 6.07) is 10.3. The Morgan fingerprint density at radius 1 is 1.24 bits per heavy atom. The zero-order valence-electron chi connectivity index (χ0n) is 18.6. The first-order valence-corrected chi connectivity index (χ1v) is 12.5. The highest BCUT2D eigenvalue weighted by Crippen LogP contribution is 2.56. The van der Waals surface area contributed by atoms with E-state index in [0.29, 0.717) is 6.61 Å². The molecule has 1 aromatic carbocycles. The third kappa shape index (κ3) is 4.67. The van der Waals surface area contributed by atoms with Crippen molar-refractivity contribution in [2.24, 2.45) is 5.41 Å². The summed E-state index contributed by atoms with van der Waals surface area (Å²) in [5.41, 5.74) is 2.36. The maximum absolute atomic E-state index is 11.9. The van der Waals surface area contributed by atoms with Gasteiger partial charge in [-0.25, -0.2) is 0 Å². The lowest BCUT2D eigenvalue weighted by Gasteiger charge is -2.45. The van der Waals surface area contributed by atoms with Gasteiger partial charge in [-0.05, 0) is 44.1 Å².